The Hall–Kier alpha value is -1.17. The molecule has 0 spiro atoms. The summed E-state index contributed by atoms with van der Waals surface area (Å²) in [7, 11) is 1.51. The van der Waals surface area contributed by atoms with Gasteiger partial charge in [-0.3, -0.25) is 10.7 Å². The Labute approximate surface area is 165 Å². The van der Waals surface area contributed by atoms with Gasteiger partial charge in [-0.25, -0.2) is 4.79 Å². The lowest BCUT2D eigenvalue weighted by Crippen LogP contribution is -2.48. The molecule has 0 bridgehead atoms. The highest BCUT2D eigenvalue weighted by Crippen LogP contribution is 2.35. The van der Waals surface area contributed by atoms with E-state index >= 15 is 0 Å². The number of nitrogens with one attached hydrogen (secondary N) is 3. The number of guanidine groups is 1. The predicted molar refractivity (Wildman–Crippen MR) is 108 cm³/mol. The number of amides is 2. The van der Waals surface area contributed by atoms with Gasteiger partial charge >= 0.3 is 6.03 Å². The summed E-state index contributed by atoms with van der Waals surface area (Å²) in [6.45, 7) is 0.617. The molecule has 1 fully saturated rings. The van der Waals surface area contributed by atoms with E-state index in [0.717, 1.165) is 12.8 Å². The number of para-hydroxylation sites is 1. The van der Waals surface area contributed by atoms with Crippen molar-refractivity contribution in [1.82, 2.24) is 10.6 Å². The molecule has 0 heterocycles. The van der Waals surface area contributed by atoms with Gasteiger partial charge < -0.3 is 10.2 Å². The van der Waals surface area contributed by atoms with E-state index < -0.39 is 6.03 Å². The second kappa shape index (κ2) is 10.7. The van der Waals surface area contributed by atoms with Crippen LogP contribution in [0.2, 0.25) is 10.0 Å². The number of urea groups is 1. The molecule has 0 radical (unpaired) electrons. The average Bonchev–Trinajstić information content (AvgIpc) is 2.82. The highest BCUT2D eigenvalue weighted by atomic mass is 35.5. The fourth-order valence-corrected chi connectivity index (χ4v) is 3.68. The molecule has 0 aliphatic heterocycles. The number of rotatable bonds is 3. The van der Waals surface area contributed by atoms with Crippen LogP contribution in [0.3, 0.4) is 0 Å². The first kappa shape index (κ1) is 21.9. The number of anilines is 1. The van der Waals surface area contributed by atoms with Gasteiger partial charge in [-0.15, -0.1) is 12.4 Å². The predicted octanol–water partition coefficient (Wildman–Crippen LogP) is 5.06. The van der Waals surface area contributed by atoms with Crippen molar-refractivity contribution in [3.8, 4) is 0 Å². The quantitative estimate of drug-likeness (QED) is 0.372. The second-order valence-corrected chi connectivity index (χ2v) is 6.91. The number of carbonyl (C=O) groups excluding carboxylic acids is 1. The minimum Gasteiger partial charge on any atom is -0.341 e. The minimum atomic E-state index is -0.436. The summed E-state index contributed by atoms with van der Waals surface area (Å²) in [4.78, 5) is 13.3. The maximum absolute atomic E-state index is 11.6. The van der Waals surface area contributed by atoms with Crippen LogP contribution in [0.5, 0.6) is 0 Å². The van der Waals surface area contributed by atoms with Gasteiger partial charge in [0.05, 0.1) is 15.7 Å². The normalized spacial score (nSPS) is 14.8. The molecular weight excluding hydrogens is 383 g/mol. The first-order valence-corrected chi connectivity index (χ1v) is 9.07. The largest absolute Gasteiger partial charge is 0.341 e. The van der Waals surface area contributed by atoms with Crippen molar-refractivity contribution in [3.05, 3.63) is 28.2 Å². The van der Waals surface area contributed by atoms with E-state index in [1.54, 1.807) is 23.1 Å². The van der Waals surface area contributed by atoms with Crippen LogP contribution in [-0.4, -0.2) is 25.6 Å². The van der Waals surface area contributed by atoms with Crippen LogP contribution < -0.4 is 15.5 Å². The molecule has 0 saturated heterocycles. The Morgan fingerprint density at radius 3 is 2.28 bits per heavy atom. The SMILES string of the molecule is CNC(=O)NC(=N)N(CC1CCCCCC1)c1c(Cl)cccc1Cl.Cl. The van der Waals surface area contributed by atoms with Crippen molar-refractivity contribution >= 4 is 53.3 Å². The fraction of sp³-hybridized carbons (Fsp3) is 0.529. The average molecular weight is 408 g/mol. The van der Waals surface area contributed by atoms with Gasteiger partial charge in [0.25, 0.3) is 0 Å². The fourth-order valence-electron chi connectivity index (χ4n) is 3.08. The van der Waals surface area contributed by atoms with Gasteiger partial charge in [-0.2, -0.15) is 0 Å². The van der Waals surface area contributed by atoms with Gasteiger partial charge in [0.15, 0.2) is 0 Å². The van der Waals surface area contributed by atoms with Gasteiger partial charge in [-0.05, 0) is 30.9 Å². The zero-order valence-corrected chi connectivity index (χ0v) is 16.6. The summed E-state index contributed by atoms with van der Waals surface area (Å²) >= 11 is 12.7. The van der Waals surface area contributed by atoms with E-state index in [0.29, 0.717) is 28.2 Å². The molecule has 25 heavy (non-hydrogen) atoms. The third-order valence-corrected chi connectivity index (χ3v) is 4.96. The van der Waals surface area contributed by atoms with E-state index in [2.05, 4.69) is 10.6 Å². The molecule has 2 rings (SSSR count). The standard InChI is InChI=1S/C17H24Cl2N4O.ClH/c1-21-17(24)22-16(20)23(11-12-7-4-2-3-5-8-12)15-13(18)9-6-10-14(15)19;/h6,9-10,12H,2-5,7-8,11H2,1H3,(H3,20,21,22,24);1H. The molecular formula is C17H25Cl3N4O. The lowest BCUT2D eigenvalue weighted by molar-refractivity contribution is 0.247. The maximum Gasteiger partial charge on any atom is 0.321 e. The van der Waals surface area contributed by atoms with E-state index in [-0.39, 0.29) is 18.4 Å². The zero-order chi connectivity index (χ0) is 17.5. The highest BCUT2D eigenvalue weighted by Gasteiger charge is 2.24. The van der Waals surface area contributed by atoms with Crippen molar-refractivity contribution in [2.45, 2.75) is 38.5 Å². The Kier molecular flexibility index (Phi) is 9.39. The Morgan fingerprint density at radius 2 is 1.76 bits per heavy atom. The van der Waals surface area contributed by atoms with Crippen molar-refractivity contribution in [1.29, 1.82) is 5.41 Å². The Morgan fingerprint density at radius 1 is 1.20 bits per heavy atom. The van der Waals surface area contributed by atoms with Crippen molar-refractivity contribution in [2.24, 2.45) is 5.92 Å². The topological polar surface area (TPSA) is 68.2 Å². The van der Waals surface area contributed by atoms with E-state index in [1.807, 2.05) is 0 Å². The zero-order valence-electron chi connectivity index (χ0n) is 14.3. The van der Waals surface area contributed by atoms with Gasteiger partial charge in [0.2, 0.25) is 5.96 Å². The maximum atomic E-state index is 11.6. The van der Waals surface area contributed by atoms with Gasteiger partial charge in [-0.1, -0.05) is 55.0 Å². The summed E-state index contributed by atoms with van der Waals surface area (Å²) in [6.07, 6.45) is 7.15. The van der Waals surface area contributed by atoms with Crippen LogP contribution in [0.15, 0.2) is 18.2 Å². The van der Waals surface area contributed by atoms with E-state index in [1.165, 1.54) is 32.7 Å². The summed E-state index contributed by atoms with van der Waals surface area (Å²) in [5.74, 6) is 0.431. The van der Waals surface area contributed by atoms with Crippen molar-refractivity contribution in [2.75, 3.05) is 18.5 Å². The summed E-state index contributed by atoms with van der Waals surface area (Å²) in [5, 5.41) is 14.3. The highest BCUT2D eigenvalue weighted by molar-refractivity contribution is 6.40. The van der Waals surface area contributed by atoms with Crippen LogP contribution in [0.25, 0.3) is 0 Å². The molecule has 3 N–H and O–H groups in total. The van der Waals surface area contributed by atoms with Crippen molar-refractivity contribution in [3.63, 3.8) is 0 Å². The number of hydrogen-bond donors (Lipinski definition) is 3. The van der Waals surface area contributed by atoms with E-state index in [4.69, 9.17) is 28.6 Å². The Bertz CT molecular complexity index is 569. The van der Waals surface area contributed by atoms with Crippen LogP contribution in [0.1, 0.15) is 38.5 Å². The van der Waals surface area contributed by atoms with Crippen LogP contribution in [-0.2, 0) is 0 Å². The van der Waals surface area contributed by atoms with Gasteiger partial charge in [0, 0.05) is 13.6 Å². The molecule has 2 amide bonds. The summed E-state index contributed by atoms with van der Waals surface area (Å²) in [5.41, 5.74) is 0.575. The molecule has 140 valence electrons. The summed E-state index contributed by atoms with van der Waals surface area (Å²) < 4.78 is 0. The molecule has 8 heteroatoms. The first-order chi connectivity index (χ1) is 11.5. The number of carbonyl (C=O) groups is 1. The molecule has 1 aliphatic rings. The monoisotopic (exact) mass is 406 g/mol. The lowest BCUT2D eigenvalue weighted by Gasteiger charge is -2.30. The molecule has 1 aromatic rings. The van der Waals surface area contributed by atoms with Gasteiger partial charge in [0.1, 0.15) is 0 Å². The molecule has 1 saturated carbocycles. The van der Waals surface area contributed by atoms with Crippen LogP contribution >= 0.6 is 35.6 Å². The minimum absolute atomic E-state index is 0. The number of hydrogen-bond acceptors (Lipinski definition) is 2. The summed E-state index contributed by atoms with van der Waals surface area (Å²) in [6, 6.07) is 4.83. The molecule has 1 aliphatic carbocycles. The molecule has 1 aromatic carbocycles. The molecule has 0 aromatic heterocycles. The second-order valence-electron chi connectivity index (χ2n) is 6.09. The first-order valence-electron chi connectivity index (χ1n) is 8.31. The van der Waals surface area contributed by atoms with Crippen LogP contribution in [0, 0.1) is 11.3 Å². The smallest absolute Gasteiger partial charge is 0.321 e. The van der Waals surface area contributed by atoms with Crippen molar-refractivity contribution < 1.29 is 4.79 Å². The number of benzene rings is 1. The third-order valence-electron chi connectivity index (χ3n) is 4.35. The van der Waals surface area contributed by atoms with E-state index in [9.17, 15) is 4.79 Å². The molecule has 0 atom stereocenters. The lowest BCUT2D eigenvalue weighted by atomic mass is 9.99. The van der Waals surface area contributed by atoms with Crippen LogP contribution in [0.4, 0.5) is 10.5 Å². The third kappa shape index (κ3) is 6.24. The Balaban J connectivity index is 0.00000312. The number of halogens is 3. The molecule has 5 nitrogen and oxygen atoms in total. The number of nitrogens with zero attached hydrogens (tertiary/aromatic N) is 1. The molecule has 0 unspecified atom stereocenters.